The van der Waals surface area contributed by atoms with Crippen molar-refractivity contribution >= 4 is 5.78 Å². The molecular formula is C17H18O2. The van der Waals surface area contributed by atoms with Crippen molar-refractivity contribution in [1.82, 2.24) is 0 Å². The van der Waals surface area contributed by atoms with Crippen LogP contribution < -0.4 is 4.74 Å². The molecule has 0 saturated heterocycles. The molecule has 0 heterocycles. The van der Waals surface area contributed by atoms with Gasteiger partial charge in [-0.25, -0.2) is 0 Å². The number of ketones is 1. The molecule has 0 fully saturated rings. The maximum atomic E-state index is 12.4. The number of carbonyl (C=O) groups is 1. The van der Waals surface area contributed by atoms with Crippen LogP contribution in [0.3, 0.4) is 0 Å². The van der Waals surface area contributed by atoms with Crippen LogP contribution in [0.25, 0.3) is 0 Å². The second-order valence-electron chi connectivity index (χ2n) is 4.47. The number of hydrogen-bond donors (Lipinski definition) is 0. The van der Waals surface area contributed by atoms with Gasteiger partial charge in [0.25, 0.3) is 0 Å². The zero-order valence-corrected chi connectivity index (χ0v) is 11.3. The van der Waals surface area contributed by atoms with Crippen LogP contribution >= 0.6 is 0 Å². The molecule has 2 rings (SSSR count). The van der Waals surface area contributed by atoms with E-state index in [1.807, 2.05) is 48.5 Å². The van der Waals surface area contributed by atoms with E-state index in [4.69, 9.17) is 4.74 Å². The smallest absolute Gasteiger partial charge is 0.193 e. The summed E-state index contributed by atoms with van der Waals surface area (Å²) < 4.78 is 5.33. The Balaban J connectivity index is 2.35. The molecule has 2 heteroatoms. The highest BCUT2D eigenvalue weighted by atomic mass is 16.5. The van der Waals surface area contributed by atoms with E-state index in [-0.39, 0.29) is 5.78 Å². The summed E-state index contributed by atoms with van der Waals surface area (Å²) in [6, 6.07) is 15.0. The van der Waals surface area contributed by atoms with Crippen LogP contribution in [0.15, 0.2) is 48.5 Å². The van der Waals surface area contributed by atoms with Crippen LogP contribution in [0.1, 0.15) is 34.8 Å². The summed E-state index contributed by atoms with van der Waals surface area (Å²) in [6.07, 6.45) is 1.94. The first kappa shape index (κ1) is 13.3. The molecule has 0 atom stereocenters. The number of hydrogen-bond acceptors (Lipinski definition) is 2. The molecule has 0 saturated carbocycles. The van der Waals surface area contributed by atoms with E-state index in [2.05, 4.69) is 6.92 Å². The lowest BCUT2D eigenvalue weighted by molar-refractivity contribution is 0.103. The molecule has 98 valence electrons. The fraction of sp³-hybridized carbons (Fsp3) is 0.235. The Kier molecular flexibility index (Phi) is 4.35. The largest absolute Gasteiger partial charge is 0.496 e. The molecule has 0 aromatic heterocycles. The van der Waals surface area contributed by atoms with Gasteiger partial charge in [0.05, 0.1) is 7.11 Å². The molecule has 0 aliphatic heterocycles. The maximum Gasteiger partial charge on any atom is 0.193 e. The number of carbonyl (C=O) groups excluding carboxylic acids is 1. The van der Waals surface area contributed by atoms with Crippen LogP contribution in [0.4, 0.5) is 0 Å². The van der Waals surface area contributed by atoms with E-state index in [1.165, 1.54) is 0 Å². The third-order valence-electron chi connectivity index (χ3n) is 3.10. The summed E-state index contributed by atoms with van der Waals surface area (Å²) in [5.41, 5.74) is 2.53. The third-order valence-corrected chi connectivity index (χ3v) is 3.10. The fourth-order valence-electron chi connectivity index (χ4n) is 2.14. The Morgan fingerprint density at radius 2 is 1.79 bits per heavy atom. The standard InChI is InChI=1S/C17H18O2/c1-3-7-14-12-15(10-11-16(14)19-2)17(18)13-8-5-4-6-9-13/h4-6,8-12H,3,7H2,1-2H3. The molecule has 2 aromatic rings. The Labute approximate surface area is 114 Å². The van der Waals surface area contributed by atoms with Gasteiger partial charge in [0.1, 0.15) is 5.75 Å². The van der Waals surface area contributed by atoms with Crippen molar-refractivity contribution in [3.05, 3.63) is 65.2 Å². The van der Waals surface area contributed by atoms with Crippen molar-refractivity contribution in [2.24, 2.45) is 0 Å². The van der Waals surface area contributed by atoms with E-state index >= 15 is 0 Å². The van der Waals surface area contributed by atoms with E-state index in [0.717, 1.165) is 35.3 Å². The Bertz CT molecular complexity index is 559. The van der Waals surface area contributed by atoms with Gasteiger partial charge >= 0.3 is 0 Å². The maximum absolute atomic E-state index is 12.4. The van der Waals surface area contributed by atoms with Crippen LogP contribution in [-0.4, -0.2) is 12.9 Å². The summed E-state index contributed by atoms with van der Waals surface area (Å²) in [7, 11) is 1.66. The van der Waals surface area contributed by atoms with Crippen molar-refractivity contribution in [3.8, 4) is 5.75 Å². The average Bonchev–Trinajstić information content (AvgIpc) is 2.47. The third kappa shape index (κ3) is 3.02. The quantitative estimate of drug-likeness (QED) is 0.757. The highest BCUT2D eigenvalue weighted by Crippen LogP contribution is 2.22. The van der Waals surface area contributed by atoms with Crippen LogP contribution in [0.2, 0.25) is 0 Å². The van der Waals surface area contributed by atoms with Crippen molar-refractivity contribution in [1.29, 1.82) is 0 Å². The van der Waals surface area contributed by atoms with Gasteiger partial charge < -0.3 is 4.74 Å². The molecule has 0 N–H and O–H groups in total. The van der Waals surface area contributed by atoms with Crippen LogP contribution in [0.5, 0.6) is 5.75 Å². The molecule has 0 aliphatic carbocycles. The van der Waals surface area contributed by atoms with Crippen molar-refractivity contribution in [2.45, 2.75) is 19.8 Å². The van der Waals surface area contributed by atoms with E-state index in [1.54, 1.807) is 7.11 Å². The molecule has 0 aliphatic rings. The SMILES string of the molecule is CCCc1cc(C(=O)c2ccccc2)ccc1OC. The van der Waals surface area contributed by atoms with Crippen LogP contribution in [-0.2, 0) is 6.42 Å². The lowest BCUT2D eigenvalue weighted by Crippen LogP contribution is -2.03. The molecule has 0 radical (unpaired) electrons. The molecule has 0 spiro atoms. The molecule has 2 aromatic carbocycles. The normalized spacial score (nSPS) is 10.2. The van der Waals surface area contributed by atoms with Gasteiger partial charge in [-0.2, -0.15) is 0 Å². The lowest BCUT2D eigenvalue weighted by atomic mass is 9.99. The minimum absolute atomic E-state index is 0.0561. The molecule has 19 heavy (non-hydrogen) atoms. The van der Waals surface area contributed by atoms with Crippen LogP contribution in [0, 0.1) is 0 Å². The summed E-state index contributed by atoms with van der Waals surface area (Å²) in [4.78, 5) is 12.4. The van der Waals surface area contributed by atoms with Gasteiger partial charge in [-0.05, 0) is 30.2 Å². The first-order valence-electron chi connectivity index (χ1n) is 6.53. The van der Waals surface area contributed by atoms with Gasteiger partial charge in [-0.15, -0.1) is 0 Å². The average molecular weight is 254 g/mol. The highest BCUT2D eigenvalue weighted by Gasteiger charge is 2.11. The topological polar surface area (TPSA) is 26.3 Å². The number of aryl methyl sites for hydroxylation is 1. The monoisotopic (exact) mass is 254 g/mol. The number of rotatable bonds is 5. The van der Waals surface area contributed by atoms with Crippen molar-refractivity contribution in [2.75, 3.05) is 7.11 Å². The molecule has 0 unspecified atom stereocenters. The summed E-state index contributed by atoms with van der Waals surface area (Å²) in [5, 5.41) is 0. The fourth-order valence-corrected chi connectivity index (χ4v) is 2.14. The number of ether oxygens (including phenoxy) is 1. The Hall–Kier alpha value is -2.09. The number of methoxy groups -OCH3 is 1. The van der Waals surface area contributed by atoms with Gasteiger partial charge in [-0.3, -0.25) is 4.79 Å². The van der Waals surface area contributed by atoms with Gasteiger partial charge in [0.2, 0.25) is 0 Å². The number of benzene rings is 2. The summed E-state index contributed by atoms with van der Waals surface area (Å²) in [5.74, 6) is 0.909. The molecular weight excluding hydrogens is 236 g/mol. The minimum atomic E-state index is 0.0561. The second kappa shape index (κ2) is 6.19. The van der Waals surface area contributed by atoms with Gasteiger partial charge in [0, 0.05) is 11.1 Å². The zero-order valence-electron chi connectivity index (χ0n) is 11.3. The summed E-state index contributed by atoms with van der Waals surface area (Å²) >= 11 is 0. The minimum Gasteiger partial charge on any atom is -0.496 e. The Morgan fingerprint density at radius 1 is 1.05 bits per heavy atom. The Morgan fingerprint density at radius 3 is 2.42 bits per heavy atom. The van der Waals surface area contributed by atoms with E-state index < -0.39 is 0 Å². The van der Waals surface area contributed by atoms with Gasteiger partial charge in [-0.1, -0.05) is 43.7 Å². The summed E-state index contributed by atoms with van der Waals surface area (Å²) in [6.45, 7) is 2.12. The molecule has 0 bridgehead atoms. The lowest BCUT2D eigenvalue weighted by Gasteiger charge is -2.09. The molecule has 0 amide bonds. The first-order valence-corrected chi connectivity index (χ1v) is 6.53. The van der Waals surface area contributed by atoms with Crippen molar-refractivity contribution < 1.29 is 9.53 Å². The molecule has 2 nitrogen and oxygen atoms in total. The van der Waals surface area contributed by atoms with Gasteiger partial charge in [0.15, 0.2) is 5.78 Å². The predicted octanol–water partition coefficient (Wildman–Crippen LogP) is 3.88. The van der Waals surface area contributed by atoms with E-state index in [9.17, 15) is 4.79 Å². The second-order valence-corrected chi connectivity index (χ2v) is 4.47. The van der Waals surface area contributed by atoms with E-state index in [0.29, 0.717) is 0 Å². The first-order chi connectivity index (χ1) is 9.26. The zero-order chi connectivity index (χ0) is 13.7. The van der Waals surface area contributed by atoms with Crippen molar-refractivity contribution in [3.63, 3.8) is 0 Å². The highest BCUT2D eigenvalue weighted by molar-refractivity contribution is 6.09. The predicted molar refractivity (Wildman–Crippen MR) is 76.9 cm³/mol.